The van der Waals surface area contributed by atoms with E-state index >= 15 is 0 Å². The molecule has 0 radical (unpaired) electrons. The van der Waals surface area contributed by atoms with Gasteiger partial charge in [-0.1, -0.05) is 33.6 Å². The van der Waals surface area contributed by atoms with E-state index in [0.29, 0.717) is 11.9 Å². The number of nitrogens with zero attached hydrogens (tertiary/aromatic N) is 1. The van der Waals surface area contributed by atoms with Gasteiger partial charge in [0.2, 0.25) is 5.91 Å². The topological polar surface area (TPSA) is 20.3 Å². The molecule has 0 aromatic heterocycles. The van der Waals surface area contributed by atoms with Crippen LogP contribution >= 0.6 is 0 Å². The molecule has 0 aromatic rings. The van der Waals surface area contributed by atoms with Crippen molar-refractivity contribution < 1.29 is 4.79 Å². The molecule has 1 heterocycles. The van der Waals surface area contributed by atoms with E-state index in [1.54, 1.807) is 0 Å². The van der Waals surface area contributed by atoms with Crippen LogP contribution in [-0.2, 0) is 4.79 Å². The molecule has 2 nitrogen and oxygen atoms in total. The van der Waals surface area contributed by atoms with Gasteiger partial charge in [-0.25, -0.2) is 0 Å². The highest BCUT2D eigenvalue weighted by molar-refractivity contribution is 5.81. The maximum absolute atomic E-state index is 13.2. The lowest BCUT2D eigenvalue weighted by atomic mass is 9.76. The number of carbonyl (C=O) groups is 1. The lowest BCUT2D eigenvalue weighted by molar-refractivity contribution is -0.147. The maximum Gasteiger partial charge on any atom is 0.226 e. The third-order valence-corrected chi connectivity index (χ3v) is 5.33. The van der Waals surface area contributed by atoms with Crippen molar-refractivity contribution in [2.45, 2.75) is 91.6 Å². The lowest BCUT2D eigenvalue weighted by Gasteiger charge is -2.47. The first-order valence-electron chi connectivity index (χ1n) is 8.45. The summed E-state index contributed by atoms with van der Waals surface area (Å²) in [6.45, 7) is 13.3. The minimum atomic E-state index is -0.0504. The molecule has 2 aliphatic rings. The van der Waals surface area contributed by atoms with Crippen molar-refractivity contribution in [1.29, 1.82) is 0 Å². The summed E-state index contributed by atoms with van der Waals surface area (Å²) in [4.78, 5) is 15.5. The minimum Gasteiger partial charge on any atom is -0.334 e. The standard InChI is InChI=1S/C18H33NO/c1-17(2,3)14-12-11-13-9-7-8-10-15(13)19(16(14)20)18(4,5)6/h13-15H,7-12H2,1-6H3. The van der Waals surface area contributed by atoms with Gasteiger partial charge in [0.25, 0.3) is 0 Å². The summed E-state index contributed by atoms with van der Waals surface area (Å²) in [5, 5.41) is 0. The molecule has 3 atom stereocenters. The Bertz CT molecular complexity index is 361. The summed E-state index contributed by atoms with van der Waals surface area (Å²) in [5.41, 5.74) is 0.0270. The highest BCUT2D eigenvalue weighted by atomic mass is 16.2. The van der Waals surface area contributed by atoms with Gasteiger partial charge in [0.15, 0.2) is 0 Å². The highest BCUT2D eigenvalue weighted by Crippen LogP contribution is 2.43. The van der Waals surface area contributed by atoms with Crippen molar-refractivity contribution in [3.63, 3.8) is 0 Å². The molecule has 1 aliphatic heterocycles. The Hall–Kier alpha value is -0.530. The molecule has 2 fully saturated rings. The molecule has 0 spiro atoms. The van der Waals surface area contributed by atoms with Crippen molar-refractivity contribution in [2.24, 2.45) is 17.3 Å². The van der Waals surface area contributed by atoms with Crippen molar-refractivity contribution >= 4 is 5.91 Å². The number of fused-ring (bicyclic) bond motifs is 1. The Balaban J connectivity index is 2.37. The van der Waals surface area contributed by atoms with E-state index in [1.807, 2.05) is 0 Å². The second-order valence-electron chi connectivity index (χ2n) is 8.99. The Morgan fingerprint density at radius 1 is 0.900 bits per heavy atom. The zero-order valence-corrected chi connectivity index (χ0v) is 14.3. The van der Waals surface area contributed by atoms with Gasteiger partial charge in [0.05, 0.1) is 0 Å². The quantitative estimate of drug-likeness (QED) is 0.633. The van der Waals surface area contributed by atoms with Crippen LogP contribution < -0.4 is 0 Å². The molecule has 1 aliphatic carbocycles. The minimum absolute atomic E-state index is 0.0504. The molecule has 3 unspecified atom stereocenters. The van der Waals surface area contributed by atoms with Gasteiger partial charge in [0, 0.05) is 17.5 Å². The molecule has 2 heteroatoms. The highest BCUT2D eigenvalue weighted by Gasteiger charge is 2.46. The monoisotopic (exact) mass is 279 g/mol. The van der Waals surface area contributed by atoms with E-state index in [1.165, 1.54) is 32.1 Å². The Labute approximate surface area is 125 Å². The molecule has 2 rings (SSSR count). The van der Waals surface area contributed by atoms with Gasteiger partial charge in [-0.2, -0.15) is 0 Å². The molecular formula is C18H33NO. The number of hydrogen-bond donors (Lipinski definition) is 0. The fourth-order valence-electron chi connectivity index (χ4n) is 4.33. The van der Waals surface area contributed by atoms with Gasteiger partial charge in [0.1, 0.15) is 0 Å². The molecular weight excluding hydrogens is 246 g/mol. The van der Waals surface area contributed by atoms with Gasteiger partial charge >= 0.3 is 0 Å². The SMILES string of the molecule is CC(C)(C)C1CCC2CCCCC2N(C(C)(C)C)C1=O. The Morgan fingerprint density at radius 2 is 1.50 bits per heavy atom. The molecule has 0 N–H and O–H groups in total. The van der Waals surface area contributed by atoms with Crippen LogP contribution in [0.5, 0.6) is 0 Å². The van der Waals surface area contributed by atoms with E-state index in [0.717, 1.165) is 12.3 Å². The molecule has 0 aromatic carbocycles. The fraction of sp³-hybridized carbons (Fsp3) is 0.944. The molecule has 1 saturated carbocycles. The first-order valence-corrected chi connectivity index (χ1v) is 8.45. The van der Waals surface area contributed by atoms with Crippen LogP contribution in [0.3, 0.4) is 0 Å². The third kappa shape index (κ3) is 3.04. The van der Waals surface area contributed by atoms with Crippen LogP contribution in [0.2, 0.25) is 0 Å². The zero-order chi connectivity index (χ0) is 15.1. The molecule has 1 amide bonds. The third-order valence-electron chi connectivity index (χ3n) is 5.33. The maximum atomic E-state index is 13.2. The second kappa shape index (κ2) is 5.35. The normalized spacial score (nSPS) is 32.8. The average Bonchev–Trinajstić information content (AvgIpc) is 2.42. The number of amides is 1. The fourth-order valence-corrected chi connectivity index (χ4v) is 4.33. The lowest BCUT2D eigenvalue weighted by Crippen LogP contribution is -2.56. The van der Waals surface area contributed by atoms with Gasteiger partial charge < -0.3 is 4.90 Å². The summed E-state index contributed by atoms with van der Waals surface area (Å²) in [6.07, 6.45) is 7.50. The van der Waals surface area contributed by atoms with Crippen molar-refractivity contribution in [2.75, 3.05) is 0 Å². The van der Waals surface area contributed by atoms with Crippen molar-refractivity contribution in [3.8, 4) is 0 Å². The van der Waals surface area contributed by atoms with E-state index in [4.69, 9.17) is 0 Å². The summed E-state index contributed by atoms with van der Waals surface area (Å²) in [5.74, 6) is 1.34. The predicted octanol–water partition coefficient (Wildman–Crippen LogP) is 4.63. The van der Waals surface area contributed by atoms with Crippen LogP contribution in [-0.4, -0.2) is 22.4 Å². The number of hydrogen-bond acceptors (Lipinski definition) is 1. The smallest absolute Gasteiger partial charge is 0.226 e. The van der Waals surface area contributed by atoms with Gasteiger partial charge in [-0.15, -0.1) is 0 Å². The predicted molar refractivity (Wildman–Crippen MR) is 84.5 cm³/mol. The van der Waals surface area contributed by atoms with Crippen molar-refractivity contribution in [3.05, 3.63) is 0 Å². The number of rotatable bonds is 0. The Kier molecular flexibility index (Phi) is 4.24. The molecule has 1 saturated heterocycles. The average molecular weight is 279 g/mol. The van der Waals surface area contributed by atoms with E-state index < -0.39 is 0 Å². The second-order valence-corrected chi connectivity index (χ2v) is 8.99. The Morgan fingerprint density at radius 3 is 2.05 bits per heavy atom. The summed E-state index contributed by atoms with van der Waals surface area (Å²) in [6, 6.07) is 0.489. The van der Waals surface area contributed by atoms with Gasteiger partial charge in [-0.3, -0.25) is 4.79 Å². The molecule has 20 heavy (non-hydrogen) atoms. The largest absolute Gasteiger partial charge is 0.334 e. The van der Waals surface area contributed by atoms with Crippen LogP contribution in [0.25, 0.3) is 0 Å². The zero-order valence-electron chi connectivity index (χ0n) is 14.3. The van der Waals surface area contributed by atoms with Crippen molar-refractivity contribution in [1.82, 2.24) is 4.90 Å². The number of carbonyl (C=O) groups excluding carboxylic acids is 1. The summed E-state index contributed by atoms with van der Waals surface area (Å²) >= 11 is 0. The van der Waals surface area contributed by atoms with E-state index in [2.05, 4.69) is 46.4 Å². The van der Waals surface area contributed by atoms with Gasteiger partial charge in [-0.05, 0) is 57.8 Å². The first kappa shape index (κ1) is 15.9. The number of likely N-dealkylation sites (tertiary alicyclic amines) is 1. The molecule has 116 valence electrons. The molecule has 0 bridgehead atoms. The van der Waals surface area contributed by atoms with E-state index in [9.17, 15) is 4.79 Å². The summed E-state index contributed by atoms with van der Waals surface area (Å²) in [7, 11) is 0. The van der Waals surface area contributed by atoms with Crippen LogP contribution in [0.15, 0.2) is 0 Å². The van der Waals surface area contributed by atoms with Crippen LogP contribution in [0.4, 0.5) is 0 Å². The first-order chi connectivity index (χ1) is 9.12. The summed E-state index contributed by atoms with van der Waals surface area (Å²) < 4.78 is 0. The van der Waals surface area contributed by atoms with Crippen LogP contribution in [0.1, 0.15) is 80.1 Å². The van der Waals surface area contributed by atoms with Crippen LogP contribution in [0, 0.1) is 17.3 Å². The van der Waals surface area contributed by atoms with E-state index in [-0.39, 0.29) is 16.9 Å².